The minimum Gasteiger partial charge on any atom is -0.465 e. The third-order valence-electron chi connectivity index (χ3n) is 6.21. The van der Waals surface area contributed by atoms with Crippen molar-refractivity contribution >= 4 is 38.7 Å². The number of halogens is 3. The lowest BCUT2D eigenvalue weighted by atomic mass is 9.85. The molecular weight excluding hydrogens is 516 g/mol. The highest BCUT2D eigenvalue weighted by Crippen LogP contribution is 2.37. The van der Waals surface area contributed by atoms with Gasteiger partial charge in [-0.05, 0) is 49.1 Å². The van der Waals surface area contributed by atoms with Gasteiger partial charge in [-0.2, -0.15) is 4.31 Å². The summed E-state index contributed by atoms with van der Waals surface area (Å²) in [5.74, 6) is 0.194. The monoisotopic (exact) mass is 539 g/mol. The van der Waals surface area contributed by atoms with Crippen molar-refractivity contribution in [2.24, 2.45) is 11.8 Å². The molecule has 0 spiro atoms. The zero-order valence-electron chi connectivity index (χ0n) is 18.9. The molecule has 0 bridgehead atoms. The molecular formula is C25H24ClF2NO4S2. The van der Waals surface area contributed by atoms with Gasteiger partial charge in [0.25, 0.3) is 10.0 Å². The summed E-state index contributed by atoms with van der Waals surface area (Å²) in [4.78, 5) is 0. The molecule has 2 aliphatic rings. The third-order valence-corrected chi connectivity index (χ3v) is 9.78. The summed E-state index contributed by atoms with van der Waals surface area (Å²) in [6.45, 7) is 1.49. The predicted octanol–water partition coefficient (Wildman–Crippen LogP) is 6.28. The Hall–Kier alpha value is -2.38. The maximum Gasteiger partial charge on any atom is 0.253 e. The maximum absolute atomic E-state index is 15.3. The molecule has 10 heteroatoms. The van der Waals surface area contributed by atoms with Gasteiger partial charge < -0.3 is 9.84 Å². The van der Waals surface area contributed by atoms with E-state index in [0.717, 1.165) is 24.2 Å². The number of aliphatic hydroxyl groups is 1. The van der Waals surface area contributed by atoms with Gasteiger partial charge in [-0.15, -0.1) is 11.3 Å². The van der Waals surface area contributed by atoms with Crippen molar-refractivity contribution in [3.63, 3.8) is 0 Å². The van der Waals surface area contributed by atoms with Crippen LogP contribution in [0, 0.1) is 35.5 Å². The lowest BCUT2D eigenvalue weighted by Crippen LogP contribution is -2.45. The maximum atomic E-state index is 15.3. The van der Waals surface area contributed by atoms with Crippen LogP contribution >= 0.6 is 22.9 Å². The average molecular weight is 540 g/mol. The molecule has 1 aromatic carbocycles. The number of rotatable bonds is 6. The fourth-order valence-electron chi connectivity index (χ4n) is 4.43. The van der Waals surface area contributed by atoms with E-state index in [2.05, 4.69) is 5.92 Å². The van der Waals surface area contributed by atoms with Crippen molar-refractivity contribution in [3.8, 4) is 12.0 Å². The minimum absolute atomic E-state index is 0.00261. The van der Waals surface area contributed by atoms with Crippen molar-refractivity contribution < 1.29 is 27.0 Å². The molecule has 4 rings (SSSR count). The molecule has 0 amide bonds. The summed E-state index contributed by atoms with van der Waals surface area (Å²) in [7, 11) is -4.11. The van der Waals surface area contributed by atoms with E-state index in [1.54, 1.807) is 12.2 Å². The van der Waals surface area contributed by atoms with Gasteiger partial charge in [0.05, 0.1) is 16.2 Å². The molecule has 1 fully saturated rings. The van der Waals surface area contributed by atoms with E-state index in [0.29, 0.717) is 17.2 Å². The predicted molar refractivity (Wildman–Crippen MR) is 131 cm³/mol. The first kappa shape index (κ1) is 25.7. The first-order chi connectivity index (χ1) is 16.7. The third kappa shape index (κ3) is 5.41. The summed E-state index contributed by atoms with van der Waals surface area (Å²) in [5.41, 5.74) is -0.151. The summed E-state index contributed by atoms with van der Waals surface area (Å²) >= 11 is 6.88. The van der Waals surface area contributed by atoms with Gasteiger partial charge in [-0.1, -0.05) is 43.4 Å². The Morgan fingerprint density at radius 1 is 1.20 bits per heavy atom. The fraction of sp³-hybridized carbons (Fsp3) is 0.360. The molecule has 35 heavy (non-hydrogen) atoms. The second-order valence-corrected chi connectivity index (χ2v) is 12.4. The van der Waals surface area contributed by atoms with Crippen LogP contribution in [0.5, 0.6) is 0 Å². The highest BCUT2D eigenvalue weighted by Gasteiger charge is 2.39. The topological polar surface area (TPSA) is 66.8 Å². The van der Waals surface area contributed by atoms with Crippen LogP contribution in [0.4, 0.5) is 8.78 Å². The molecule has 1 saturated carbocycles. The van der Waals surface area contributed by atoms with Gasteiger partial charge in [0.2, 0.25) is 0 Å². The normalized spacial score (nSPS) is 22.3. The molecule has 1 aliphatic carbocycles. The van der Waals surface area contributed by atoms with E-state index < -0.39 is 40.2 Å². The number of sulfonamides is 1. The van der Waals surface area contributed by atoms with Crippen molar-refractivity contribution in [2.45, 2.75) is 49.4 Å². The van der Waals surface area contributed by atoms with Crippen molar-refractivity contribution in [1.29, 1.82) is 0 Å². The number of nitrogens with zero attached hydrogens (tertiary/aromatic N) is 1. The van der Waals surface area contributed by atoms with Gasteiger partial charge in [-0.25, -0.2) is 17.2 Å². The summed E-state index contributed by atoms with van der Waals surface area (Å²) < 4.78 is 64.6. The highest BCUT2D eigenvalue weighted by molar-refractivity contribution is 7.91. The van der Waals surface area contributed by atoms with Gasteiger partial charge in [0.1, 0.15) is 16.1 Å². The Morgan fingerprint density at radius 2 is 1.97 bits per heavy atom. The summed E-state index contributed by atoms with van der Waals surface area (Å²) in [6, 6.07) is 5.02. The van der Waals surface area contributed by atoms with E-state index in [9.17, 15) is 13.5 Å². The van der Waals surface area contributed by atoms with Gasteiger partial charge in [0, 0.05) is 24.1 Å². The molecule has 5 nitrogen and oxygen atoms in total. The zero-order chi connectivity index (χ0) is 25.2. The molecule has 2 aromatic rings. The van der Waals surface area contributed by atoms with Crippen LogP contribution in [0.25, 0.3) is 5.76 Å². The van der Waals surface area contributed by atoms with Crippen molar-refractivity contribution in [3.05, 3.63) is 69.8 Å². The van der Waals surface area contributed by atoms with E-state index in [4.69, 9.17) is 16.3 Å². The molecule has 2 heterocycles. The Bertz CT molecular complexity index is 1330. The number of allylic oxidation sites excluding steroid dienone is 2. The minimum atomic E-state index is -4.11. The molecule has 1 N–H and O–H groups in total. The Kier molecular flexibility index (Phi) is 7.86. The van der Waals surface area contributed by atoms with E-state index in [-0.39, 0.29) is 27.0 Å². The van der Waals surface area contributed by atoms with Crippen molar-refractivity contribution in [2.75, 3.05) is 0 Å². The molecule has 3 atom stereocenters. The SMILES string of the molecule is CC1C=COC(c2ccc(CN([C@@H]3CCCCC3C#CO)S(=O)(=O)c3ccc(Cl)s3)c(F)c2F)=C1. The molecule has 0 radical (unpaired) electrons. The van der Waals surface area contributed by atoms with E-state index in [1.165, 1.54) is 34.8 Å². The van der Waals surface area contributed by atoms with E-state index >= 15 is 8.78 Å². The zero-order valence-corrected chi connectivity index (χ0v) is 21.3. The first-order valence-electron chi connectivity index (χ1n) is 11.2. The quantitative estimate of drug-likeness (QED) is 0.438. The Labute approximate surface area is 212 Å². The number of ether oxygens (including phenoxy) is 1. The summed E-state index contributed by atoms with van der Waals surface area (Å²) in [6.07, 6.45) is 9.42. The highest BCUT2D eigenvalue weighted by atomic mass is 35.5. The average Bonchev–Trinajstić information content (AvgIpc) is 3.28. The number of hydrogen-bond donors (Lipinski definition) is 1. The van der Waals surface area contributed by atoms with Crippen LogP contribution in [-0.2, 0) is 21.3 Å². The van der Waals surface area contributed by atoms with Gasteiger partial charge in [0.15, 0.2) is 11.6 Å². The summed E-state index contributed by atoms with van der Waals surface area (Å²) in [5, 5.41) is 9.21. The van der Waals surface area contributed by atoms with Crippen molar-refractivity contribution in [1.82, 2.24) is 4.31 Å². The van der Waals surface area contributed by atoms with Crippen LogP contribution in [0.2, 0.25) is 4.34 Å². The lowest BCUT2D eigenvalue weighted by Gasteiger charge is -2.36. The van der Waals surface area contributed by atoms with Gasteiger partial charge >= 0.3 is 0 Å². The lowest BCUT2D eigenvalue weighted by molar-refractivity contribution is 0.205. The molecule has 0 saturated heterocycles. The van der Waals surface area contributed by atoms with Gasteiger partial charge in [-0.3, -0.25) is 0 Å². The molecule has 1 aromatic heterocycles. The Morgan fingerprint density at radius 3 is 2.66 bits per heavy atom. The first-order valence-corrected chi connectivity index (χ1v) is 13.8. The second-order valence-electron chi connectivity index (χ2n) is 8.56. The Balaban J connectivity index is 1.74. The molecule has 2 unspecified atom stereocenters. The second kappa shape index (κ2) is 10.7. The fourth-order valence-corrected chi connectivity index (χ4v) is 7.71. The number of hydrogen-bond acceptors (Lipinski definition) is 5. The van der Waals surface area contributed by atoms with Crippen LogP contribution in [0.1, 0.15) is 43.7 Å². The van der Waals surface area contributed by atoms with Crippen LogP contribution in [0.3, 0.4) is 0 Å². The van der Waals surface area contributed by atoms with Crippen LogP contribution in [0.15, 0.2) is 46.9 Å². The van der Waals surface area contributed by atoms with Crippen LogP contribution < -0.4 is 0 Å². The largest absolute Gasteiger partial charge is 0.465 e. The smallest absolute Gasteiger partial charge is 0.253 e. The molecule has 186 valence electrons. The van der Waals surface area contributed by atoms with E-state index in [1.807, 2.05) is 13.0 Å². The number of thiophene rings is 1. The standard InChI is InChI=1S/C25H24ClF2NO4S2/c1-16-11-13-33-21(14-16)19-7-6-18(24(27)25(19)28)15-29(20-5-3-2-4-17(20)10-12-30)35(31,32)23-9-8-22(26)34-23/h6-9,11,13-14,16-17,20,30H,2-5,15H2,1H3/t16?,17?,20-/m1/s1. The molecule has 1 aliphatic heterocycles. The van der Waals surface area contributed by atoms with Crippen LogP contribution in [-0.4, -0.2) is 23.9 Å². The number of aliphatic hydroxyl groups excluding tert-OH is 1. The number of benzene rings is 1.